The zero-order valence-corrected chi connectivity index (χ0v) is 9.52. The number of rotatable bonds is 5. The SMILES string of the molecule is NCCc1nnc(NC2CC2)n1C1CCC1. The number of nitrogens with one attached hydrogen (secondary N) is 1. The molecule has 0 aromatic carbocycles. The van der Waals surface area contributed by atoms with Crippen LogP contribution in [0.25, 0.3) is 0 Å². The summed E-state index contributed by atoms with van der Waals surface area (Å²) >= 11 is 0. The summed E-state index contributed by atoms with van der Waals surface area (Å²) in [6.07, 6.45) is 7.21. The zero-order chi connectivity index (χ0) is 11.0. The summed E-state index contributed by atoms with van der Waals surface area (Å²) in [5.41, 5.74) is 5.61. The highest BCUT2D eigenvalue weighted by Gasteiger charge is 2.29. The van der Waals surface area contributed by atoms with E-state index in [0.29, 0.717) is 18.6 Å². The van der Waals surface area contributed by atoms with Gasteiger partial charge in [-0.15, -0.1) is 10.2 Å². The van der Waals surface area contributed by atoms with Crippen LogP contribution >= 0.6 is 0 Å². The van der Waals surface area contributed by atoms with E-state index < -0.39 is 0 Å². The van der Waals surface area contributed by atoms with Crippen LogP contribution in [-0.2, 0) is 6.42 Å². The molecule has 16 heavy (non-hydrogen) atoms. The van der Waals surface area contributed by atoms with E-state index in [9.17, 15) is 0 Å². The maximum Gasteiger partial charge on any atom is 0.225 e. The minimum absolute atomic E-state index is 0.609. The van der Waals surface area contributed by atoms with Crippen molar-refractivity contribution in [1.29, 1.82) is 0 Å². The van der Waals surface area contributed by atoms with Crippen molar-refractivity contribution < 1.29 is 0 Å². The van der Waals surface area contributed by atoms with Crippen LogP contribution in [0.2, 0.25) is 0 Å². The molecule has 0 amide bonds. The maximum atomic E-state index is 5.61. The Labute approximate surface area is 95.4 Å². The van der Waals surface area contributed by atoms with E-state index in [1.165, 1.54) is 32.1 Å². The molecule has 1 heterocycles. The van der Waals surface area contributed by atoms with E-state index in [1.807, 2.05) is 0 Å². The summed E-state index contributed by atoms with van der Waals surface area (Å²) in [5.74, 6) is 2.02. The van der Waals surface area contributed by atoms with Crippen LogP contribution in [0.1, 0.15) is 44.0 Å². The lowest BCUT2D eigenvalue weighted by atomic mass is 9.92. The Morgan fingerprint density at radius 2 is 2.06 bits per heavy atom. The maximum absolute atomic E-state index is 5.61. The molecule has 1 aromatic heterocycles. The first-order valence-corrected chi connectivity index (χ1v) is 6.29. The van der Waals surface area contributed by atoms with Crippen molar-refractivity contribution in [2.24, 2.45) is 5.73 Å². The Morgan fingerprint density at radius 3 is 2.62 bits per heavy atom. The van der Waals surface area contributed by atoms with E-state index in [-0.39, 0.29) is 0 Å². The molecular formula is C11H19N5. The van der Waals surface area contributed by atoms with Gasteiger partial charge in [0, 0.05) is 18.5 Å². The minimum Gasteiger partial charge on any atom is -0.352 e. The van der Waals surface area contributed by atoms with Crippen molar-refractivity contribution >= 4 is 5.95 Å². The summed E-state index contributed by atoms with van der Waals surface area (Å²) in [6, 6.07) is 1.24. The van der Waals surface area contributed by atoms with Crippen molar-refractivity contribution in [2.75, 3.05) is 11.9 Å². The normalized spacial score (nSPS) is 20.8. The smallest absolute Gasteiger partial charge is 0.225 e. The van der Waals surface area contributed by atoms with Crippen molar-refractivity contribution in [3.8, 4) is 0 Å². The zero-order valence-electron chi connectivity index (χ0n) is 9.52. The number of hydrogen-bond acceptors (Lipinski definition) is 4. The third kappa shape index (κ3) is 1.80. The van der Waals surface area contributed by atoms with Gasteiger partial charge in [0.05, 0.1) is 0 Å². The molecule has 3 rings (SSSR count). The summed E-state index contributed by atoms with van der Waals surface area (Å²) < 4.78 is 2.29. The fourth-order valence-corrected chi connectivity index (χ4v) is 2.16. The lowest BCUT2D eigenvalue weighted by Gasteiger charge is -2.29. The minimum atomic E-state index is 0.609. The number of nitrogens with two attached hydrogens (primary N) is 1. The van der Waals surface area contributed by atoms with Crippen LogP contribution in [-0.4, -0.2) is 27.4 Å². The molecule has 1 aromatic rings. The second kappa shape index (κ2) is 4.05. The molecule has 88 valence electrons. The van der Waals surface area contributed by atoms with Gasteiger partial charge in [-0.25, -0.2) is 0 Å². The molecule has 5 nitrogen and oxygen atoms in total. The van der Waals surface area contributed by atoms with Gasteiger partial charge in [0.25, 0.3) is 0 Å². The van der Waals surface area contributed by atoms with Gasteiger partial charge in [0.15, 0.2) is 0 Å². The third-order valence-corrected chi connectivity index (χ3v) is 3.48. The standard InChI is InChI=1S/C11H19N5/c12-7-6-10-14-15-11(13-8-4-5-8)16(10)9-2-1-3-9/h8-9H,1-7,12H2,(H,13,15). The second-order valence-corrected chi connectivity index (χ2v) is 4.85. The molecule has 2 aliphatic rings. The number of anilines is 1. The van der Waals surface area contributed by atoms with Crippen molar-refractivity contribution in [3.63, 3.8) is 0 Å². The van der Waals surface area contributed by atoms with Gasteiger partial charge in [0.2, 0.25) is 5.95 Å². The van der Waals surface area contributed by atoms with Gasteiger partial charge in [-0.3, -0.25) is 4.57 Å². The van der Waals surface area contributed by atoms with Gasteiger partial charge < -0.3 is 11.1 Å². The van der Waals surface area contributed by atoms with E-state index in [0.717, 1.165) is 18.2 Å². The van der Waals surface area contributed by atoms with Crippen LogP contribution in [0.15, 0.2) is 0 Å². The van der Waals surface area contributed by atoms with Crippen molar-refractivity contribution in [2.45, 2.75) is 50.6 Å². The highest BCUT2D eigenvalue weighted by Crippen LogP contribution is 2.35. The summed E-state index contributed by atoms with van der Waals surface area (Å²) in [4.78, 5) is 0. The fourth-order valence-electron chi connectivity index (χ4n) is 2.16. The Hall–Kier alpha value is -1.10. The van der Waals surface area contributed by atoms with E-state index in [4.69, 9.17) is 5.73 Å². The molecule has 0 saturated heterocycles. The van der Waals surface area contributed by atoms with Crippen LogP contribution < -0.4 is 11.1 Å². The molecule has 0 spiro atoms. The Morgan fingerprint density at radius 1 is 1.25 bits per heavy atom. The highest BCUT2D eigenvalue weighted by molar-refractivity contribution is 5.31. The molecule has 5 heteroatoms. The second-order valence-electron chi connectivity index (χ2n) is 4.85. The topological polar surface area (TPSA) is 68.8 Å². The molecule has 2 saturated carbocycles. The Bertz CT molecular complexity index is 364. The van der Waals surface area contributed by atoms with E-state index in [2.05, 4.69) is 20.1 Å². The van der Waals surface area contributed by atoms with Gasteiger partial charge in [-0.05, 0) is 38.6 Å². The molecule has 2 aliphatic carbocycles. The van der Waals surface area contributed by atoms with Crippen LogP contribution in [0, 0.1) is 0 Å². The molecule has 3 N–H and O–H groups in total. The number of hydrogen-bond donors (Lipinski definition) is 2. The first-order valence-electron chi connectivity index (χ1n) is 6.29. The predicted octanol–water partition coefficient (Wildman–Crippen LogP) is 1.08. The quantitative estimate of drug-likeness (QED) is 0.780. The molecule has 0 bridgehead atoms. The van der Waals surface area contributed by atoms with Crippen LogP contribution in [0.3, 0.4) is 0 Å². The van der Waals surface area contributed by atoms with Gasteiger partial charge >= 0.3 is 0 Å². The summed E-state index contributed by atoms with van der Waals surface area (Å²) in [6.45, 7) is 0.647. The van der Waals surface area contributed by atoms with E-state index in [1.54, 1.807) is 0 Å². The molecule has 2 fully saturated rings. The molecular weight excluding hydrogens is 202 g/mol. The number of aromatic nitrogens is 3. The lowest BCUT2D eigenvalue weighted by molar-refractivity contribution is 0.308. The highest BCUT2D eigenvalue weighted by atomic mass is 15.4. The van der Waals surface area contributed by atoms with Gasteiger partial charge in [-0.2, -0.15) is 0 Å². The monoisotopic (exact) mass is 221 g/mol. The van der Waals surface area contributed by atoms with E-state index >= 15 is 0 Å². The largest absolute Gasteiger partial charge is 0.352 e. The first-order chi connectivity index (χ1) is 7.88. The lowest BCUT2D eigenvalue weighted by Crippen LogP contribution is -2.23. The molecule has 0 unspecified atom stereocenters. The van der Waals surface area contributed by atoms with Gasteiger partial charge in [-0.1, -0.05) is 0 Å². The third-order valence-electron chi connectivity index (χ3n) is 3.48. The summed E-state index contributed by atoms with van der Waals surface area (Å²) in [7, 11) is 0. The molecule has 0 aliphatic heterocycles. The van der Waals surface area contributed by atoms with Crippen molar-refractivity contribution in [1.82, 2.24) is 14.8 Å². The van der Waals surface area contributed by atoms with Crippen LogP contribution in [0.5, 0.6) is 0 Å². The van der Waals surface area contributed by atoms with Gasteiger partial charge in [0.1, 0.15) is 5.82 Å². The average Bonchev–Trinajstić information content (AvgIpc) is 2.93. The number of nitrogens with zero attached hydrogens (tertiary/aromatic N) is 3. The van der Waals surface area contributed by atoms with Crippen molar-refractivity contribution in [3.05, 3.63) is 5.82 Å². The fraction of sp³-hybridized carbons (Fsp3) is 0.818. The summed E-state index contributed by atoms with van der Waals surface area (Å²) in [5, 5.41) is 12.0. The molecule has 0 radical (unpaired) electrons. The average molecular weight is 221 g/mol. The predicted molar refractivity (Wildman–Crippen MR) is 62.3 cm³/mol. The van der Waals surface area contributed by atoms with Crippen LogP contribution in [0.4, 0.5) is 5.95 Å². The first kappa shape index (κ1) is 10.1. The molecule has 0 atom stereocenters. The Kier molecular flexibility index (Phi) is 2.55. The Balaban J connectivity index is 1.83.